The molecule has 7 nitrogen and oxygen atoms in total. The zero-order valence-corrected chi connectivity index (χ0v) is 16.7. The third-order valence-electron chi connectivity index (χ3n) is 4.90. The fraction of sp³-hybridized carbons (Fsp3) is 0.350. The van der Waals surface area contributed by atoms with E-state index in [1.165, 1.54) is 0 Å². The Morgan fingerprint density at radius 2 is 1.93 bits per heavy atom. The highest BCUT2D eigenvalue weighted by atomic mass is 32.1. The van der Waals surface area contributed by atoms with Crippen molar-refractivity contribution in [3.05, 3.63) is 64.7 Å². The van der Waals surface area contributed by atoms with E-state index in [1.807, 2.05) is 32.0 Å². The lowest BCUT2D eigenvalue weighted by Crippen LogP contribution is -2.64. The Morgan fingerprint density at radius 3 is 2.57 bits per heavy atom. The van der Waals surface area contributed by atoms with E-state index in [2.05, 4.69) is 42.5 Å². The van der Waals surface area contributed by atoms with Crippen molar-refractivity contribution < 1.29 is 4.79 Å². The van der Waals surface area contributed by atoms with Crippen LogP contribution in [0.5, 0.6) is 0 Å². The number of benzene rings is 1. The lowest BCUT2D eigenvalue weighted by Gasteiger charge is -2.48. The standard InChI is InChI=1S/C20H22N6OS/c1-14-9-22-17(10-21-14)11-23-18(27)20(8-16-6-4-3-5-7-16)12-26(13-20)19-25-24-15(2)28-19/h3-7,9-10H,8,11-13H2,1-2H3,(H,23,27). The van der Waals surface area contributed by atoms with Gasteiger partial charge in [-0.2, -0.15) is 0 Å². The van der Waals surface area contributed by atoms with Crippen LogP contribution in [0.15, 0.2) is 42.7 Å². The van der Waals surface area contributed by atoms with Gasteiger partial charge in [0.2, 0.25) is 11.0 Å². The van der Waals surface area contributed by atoms with Gasteiger partial charge in [0, 0.05) is 19.3 Å². The first-order valence-corrected chi connectivity index (χ1v) is 10.0. The van der Waals surface area contributed by atoms with Gasteiger partial charge in [-0.05, 0) is 25.8 Å². The lowest BCUT2D eigenvalue weighted by molar-refractivity contribution is -0.132. The zero-order valence-electron chi connectivity index (χ0n) is 15.9. The van der Waals surface area contributed by atoms with Crippen LogP contribution >= 0.6 is 11.3 Å². The Kier molecular flexibility index (Phi) is 5.04. The average Bonchev–Trinajstić information content (AvgIpc) is 3.10. The normalized spacial score (nSPS) is 15.1. The van der Waals surface area contributed by atoms with Crippen molar-refractivity contribution >= 4 is 22.4 Å². The number of hydrogen-bond donors (Lipinski definition) is 1. The number of carbonyl (C=O) groups excluding carboxylic acids is 1. The summed E-state index contributed by atoms with van der Waals surface area (Å²) >= 11 is 1.56. The molecular formula is C20H22N6OS. The summed E-state index contributed by atoms with van der Waals surface area (Å²) in [5, 5.41) is 13.2. The number of aromatic nitrogens is 4. The molecule has 28 heavy (non-hydrogen) atoms. The summed E-state index contributed by atoms with van der Waals surface area (Å²) < 4.78 is 0. The van der Waals surface area contributed by atoms with Crippen molar-refractivity contribution in [3.63, 3.8) is 0 Å². The van der Waals surface area contributed by atoms with Crippen molar-refractivity contribution in [1.82, 2.24) is 25.5 Å². The van der Waals surface area contributed by atoms with Crippen LogP contribution in [0.4, 0.5) is 5.13 Å². The van der Waals surface area contributed by atoms with E-state index in [4.69, 9.17) is 0 Å². The van der Waals surface area contributed by atoms with Crippen LogP contribution in [-0.4, -0.2) is 39.2 Å². The first kappa shape index (κ1) is 18.5. The number of amides is 1. The maximum atomic E-state index is 13.2. The summed E-state index contributed by atoms with van der Waals surface area (Å²) in [5.74, 6) is 0.0382. The molecule has 0 bridgehead atoms. The number of nitrogens with one attached hydrogen (secondary N) is 1. The molecule has 0 saturated carbocycles. The second-order valence-electron chi connectivity index (χ2n) is 7.23. The highest BCUT2D eigenvalue weighted by Crippen LogP contribution is 2.38. The molecule has 1 amide bonds. The second kappa shape index (κ2) is 7.63. The van der Waals surface area contributed by atoms with Gasteiger partial charge >= 0.3 is 0 Å². The van der Waals surface area contributed by atoms with Gasteiger partial charge in [-0.25, -0.2) is 0 Å². The number of aryl methyl sites for hydroxylation is 2. The number of nitrogens with zero attached hydrogens (tertiary/aromatic N) is 5. The van der Waals surface area contributed by atoms with Crippen LogP contribution in [0.2, 0.25) is 0 Å². The molecule has 1 aromatic carbocycles. The third-order valence-corrected chi connectivity index (χ3v) is 5.80. The summed E-state index contributed by atoms with van der Waals surface area (Å²) in [7, 11) is 0. The molecule has 1 aliphatic rings. The van der Waals surface area contributed by atoms with Crippen molar-refractivity contribution in [2.45, 2.75) is 26.8 Å². The van der Waals surface area contributed by atoms with Gasteiger partial charge in [0.25, 0.3) is 0 Å². The Bertz CT molecular complexity index is 950. The molecule has 2 aromatic heterocycles. The quantitative estimate of drug-likeness (QED) is 0.691. The molecule has 0 unspecified atom stereocenters. The van der Waals surface area contributed by atoms with E-state index in [0.717, 1.165) is 27.1 Å². The van der Waals surface area contributed by atoms with Gasteiger partial charge in [0.05, 0.1) is 29.5 Å². The minimum absolute atomic E-state index is 0.0382. The molecule has 1 saturated heterocycles. The minimum atomic E-state index is -0.487. The Balaban J connectivity index is 1.48. The SMILES string of the molecule is Cc1cnc(CNC(=O)C2(Cc3ccccc3)CN(c3nnc(C)s3)C2)cn1. The molecule has 1 N–H and O–H groups in total. The second-order valence-corrected chi connectivity index (χ2v) is 8.39. The molecule has 144 valence electrons. The fourth-order valence-corrected chi connectivity index (χ4v) is 4.11. The van der Waals surface area contributed by atoms with E-state index in [1.54, 1.807) is 23.7 Å². The Morgan fingerprint density at radius 1 is 1.14 bits per heavy atom. The van der Waals surface area contributed by atoms with Crippen molar-refractivity contribution in [1.29, 1.82) is 0 Å². The summed E-state index contributed by atoms with van der Waals surface area (Å²) in [6.45, 7) is 5.46. The van der Waals surface area contributed by atoms with Crippen LogP contribution in [0.1, 0.15) is 22.0 Å². The first-order valence-electron chi connectivity index (χ1n) is 9.19. The predicted octanol–water partition coefficient (Wildman–Crippen LogP) is 2.31. The summed E-state index contributed by atoms with van der Waals surface area (Å²) in [4.78, 5) is 23.8. The molecule has 0 aliphatic carbocycles. The van der Waals surface area contributed by atoms with Crippen molar-refractivity contribution in [2.24, 2.45) is 5.41 Å². The first-order chi connectivity index (χ1) is 13.5. The number of carbonyl (C=O) groups is 1. The molecule has 3 heterocycles. The summed E-state index contributed by atoms with van der Waals surface area (Å²) in [6, 6.07) is 10.1. The Labute approximate surface area is 167 Å². The number of hydrogen-bond acceptors (Lipinski definition) is 7. The van der Waals surface area contributed by atoms with Crippen molar-refractivity contribution in [3.8, 4) is 0 Å². The monoisotopic (exact) mass is 394 g/mol. The average molecular weight is 395 g/mol. The highest BCUT2D eigenvalue weighted by Gasteiger charge is 2.50. The maximum Gasteiger partial charge on any atom is 0.230 e. The van der Waals surface area contributed by atoms with E-state index in [9.17, 15) is 4.79 Å². The zero-order chi connectivity index (χ0) is 19.6. The van der Waals surface area contributed by atoms with Gasteiger partial charge in [-0.15, -0.1) is 10.2 Å². The highest BCUT2D eigenvalue weighted by molar-refractivity contribution is 7.15. The van der Waals surface area contributed by atoms with Gasteiger partial charge in [-0.1, -0.05) is 41.7 Å². The summed E-state index contributed by atoms with van der Waals surface area (Å²) in [6.07, 6.45) is 4.11. The largest absolute Gasteiger partial charge is 0.350 e. The smallest absolute Gasteiger partial charge is 0.230 e. The number of anilines is 1. The van der Waals surface area contributed by atoms with Crippen LogP contribution < -0.4 is 10.2 Å². The van der Waals surface area contributed by atoms with E-state index < -0.39 is 5.41 Å². The molecule has 4 rings (SSSR count). The van der Waals surface area contributed by atoms with Gasteiger partial charge in [0.1, 0.15) is 5.01 Å². The van der Waals surface area contributed by atoms with Gasteiger partial charge < -0.3 is 10.2 Å². The molecule has 8 heteroatoms. The lowest BCUT2D eigenvalue weighted by atomic mass is 9.74. The van der Waals surface area contributed by atoms with Crippen molar-refractivity contribution in [2.75, 3.05) is 18.0 Å². The van der Waals surface area contributed by atoms with Gasteiger partial charge in [-0.3, -0.25) is 14.8 Å². The van der Waals surface area contributed by atoms with Crippen LogP contribution in [0.3, 0.4) is 0 Å². The number of rotatable bonds is 6. The van der Waals surface area contributed by atoms with Gasteiger partial charge in [0.15, 0.2) is 0 Å². The molecule has 0 radical (unpaired) electrons. The molecule has 0 atom stereocenters. The predicted molar refractivity (Wildman–Crippen MR) is 108 cm³/mol. The van der Waals surface area contributed by atoms with E-state index in [-0.39, 0.29) is 5.91 Å². The maximum absolute atomic E-state index is 13.2. The summed E-state index contributed by atoms with van der Waals surface area (Å²) in [5.41, 5.74) is 2.28. The fourth-order valence-electron chi connectivity index (χ4n) is 3.42. The van der Waals surface area contributed by atoms with Crippen LogP contribution in [0, 0.1) is 19.3 Å². The minimum Gasteiger partial charge on any atom is -0.350 e. The third kappa shape index (κ3) is 3.87. The topological polar surface area (TPSA) is 83.9 Å². The Hall–Kier alpha value is -2.87. The molecule has 1 aliphatic heterocycles. The molecular weight excluding hydrogens is 372 g/mol. The molecule has 1 fully saturated rings. The molecule has 0 spiro atoms. The molecule has 3 aromatic rings. The van der Waals surface area contributed by atoms with E-state index in [0.29, 0.717) is 26.1 Å². The van der Waals surface area contributed by atoms with Crippen LogP contribution in [-0.2, 0) is 17.8 Å². The van der Waals surface area contributed by atoms with Crippen LogP contribution in [0.25, 0.3) is 0 Å². The van der Waals surface area contributed by atoms with E-state index >= 15 is 0 Å².